The van der Waals surface area contributed by atoms with Crippen molar-refractivity contribution < 1.29 is 21.6 Å². The van der Waals surface area contributed by atoms with Crippen LogP contribution in [0.25, 0.3) is 22.3 Å². The van der Waals surface area contributed by atoms with E-state index >= 15 is 0 Å². The quantitative estimate of drug-likeness (QED) is 0.537. The summed E-state index contributed by atoms with van der Waals surface area (Å²) in [5.41, 5.74) is 0.860. The number of benzene rings is 3. The smallest absolute Gasteiger partial charge is 0.225 e. The number of hydrogen-bond acceptors (Lipinski definition) is 2. The zero-order valence-corrected chi connectivity index (χ0v) is 16.3. The Morgan fingerprint density at radius 3 is 1.89 bits per heavy atom. The summed E-state index contributed by atoms with van der Waals surface area (Å²) in [6.07, 6.45) is -4.54. The van der Waals surface area contributed by atoms with Crippen molar-refractivity contribution >= 4 is 33.2 Å². The summed E-state index contributed by atoms with van der Waals surface area (Å²) in [6.45, 7) is 0. The number of hydrogen-bond donors (Lipinski definition) is 1. The van der Waals surface area contributed by atoms with Gasteiger partial charge in [-0.25, -0.2) is 13.6 Å². The molecule has 0 radical (unpaired) electrons. The maximum atomic E-state index is 13.2. The van der Waals surface area contributed by atoms with Crippen LogP contribution < -0.4 is 5.14 Å². The van der Waals surface area contributed by atoms with Gasteiger partial charge in [-0.3, -0.25) is 0 Å². The first-order valence-corrected chi connectivity index (χ1v) is 10.1. The van der Waals surface area contributed by atoms with Gasteiger partial charge in [0.05, 0.1) is 20.5 Å². The summed E-state index contributed by atoms with van der Waals surface area (Å²) < 4.78 is 62.5. The number of halogens is 5. The summed E-state index contributed by atoms with van der Waals surface area (Å²) >= 11 is 12.0. The summed E-state index contributed by atoms with van der Waals surface area (Å²) in [5.74, 6) is 0. The molecule has 0 unspecified atom stereocenters. The van der Waals surface area contributed by atoms with E-state index in [0.717, 1.165) is 12.1 Å². The van der Waals surface area contributed by atoms with Crippen LogP contribution in [0.5, 0.6) is 0 Å². The maximum Gasteiger partial charge on any atom is 0.416 e. The fraction of sp³-hybridized carbons (Fsp3) is 0.0526. The van der Waals surface area contributed by atoms with Crippen molar-refractivity contribution in [1.82, 2.24) is 0 Å². The molecular formula is C19H12Cl2F3NO2S. The number of alkyl halides is 3. The Labute approximate surface area is 169 Å². The molecule has 0 amide bonds. The first-order chi connectivity index (χ1) is 13.0. The molecule has 0 atom stereocenters. The van der Waals surface area contributed by atoms with Crippen molar-refractivity contribution in [1.29, 1.82) is 0 Å². The highest BCUT2D eigenvalue weighted by Gasteiger charge is 2.31. The van der Waals surface area contributed by atoms with E-state index in [1.54, 1.807) is 18.2 Å². The molecule has 3 aromatic rings. The van der Waals surface area contributed by atoms with E-state index in [0.29, 0.717) is 21.7 Å². The van der Waals surface area contributed by atoms with E-state index in [1.165, 1.54) is 30.3 Å². The lowest BCUT2D eigenvalue weighted by Crippen LogP contribution is -2.11. The number of nitrogens with two attached hydrogens (primary N) is 1. The highest BCUT2D eigenvalue weighted by atomic mass is 35.5. The minimum absolute atomic E-state index is 0.140. The largest absolute Gasteiger partial charge is 0.416 e. The molecule has 2 N–H and O–H groups in total. The molecule has 0 heterocycles. The van der Waals surface area contributed by atoms with Crippen molar-refractivity contribution in [3.63, 3.8) is 0 Å². The van der Waals surface area contributed by atoms with Crippen molar-refractivity contribution in [3.8, 4) is 22.3 Å². The average Bonchev–Trinajstić information content (AvgIpc) is 2.62. The van der Waals surface area contributed by atoms with Gasteiger partial charge in [0.1, 0.15) is 0 Å². The van der Waals surface area contributed by atoms with Gasteiger partial charge in [-0.1, -0.05) is 47.5 Å². The predicted octanol–water partition coefficient (Wildman–Crippen LogP) is 5.99. The van der Waals surface area contributed by atoms with Crippen molar-refractivity contribution in [2.75, 3.05) is 0 Å². The van der Waals surface area contributed by atoms with Gasteiger partial charge in [0, 0.05) is 0 Å². The molecule has 3 rings (SSSR count). The molecule has 0 aliphatic carbocycles. The van der Waals surface area contributed by atoms with E-state index in [9.17, 15) is 21.6 Å². The zero-order chi connectivity index (χ0) is 20.7. The van der Waals surface area contributed by atoms with Crippen LogP contribution in [0.15, 0.2) is 65.6 Å². The van der Waals surface area contributed by atoms with Crippen LogP contribution in [0, 0.1) is 0 Å². The minimum atomic E-state index is -4.54. The van der Waals surface area contributed by atoms with Crippen LogP contribution in [0.2, 0.25) is 10.0 Å². The standard InChI is InChI=1S/C19H12Cl2F3NO2S/c20-17-8-3-12(9-18(17)21)15-7-4-13(19(22,23)24)10-16(15)11-1-5-14(6-2-11)28(25,26)27/h1-10H,(H2,25,26,27). The fourth-order valence-corrected chi connectivity index (χ4v) is 3.51. The van der Waals surface area contributed by atoms with Crippen molar-refractivity contribution in [2.45, 2.75) is 11.1 Å². The van der Waals surface area contributed by atoms with E-state index in [1.807, 2.05) is 0 Å². The number of sulfonamides is 1. The Kier molecular flexibility index (Phi) is 5.46. The van der Waals surface area contributed by atoms with Crippen LogP contribution in [0.1, 0.15) is 5.56 Å². The molecular weight excluding hydrogens is 434 g/mol. The van der Waals surface area contributed by atoms with E-state index < -0.39 is 21.8 Å². The SMILES string of the molecule is NS(=O)(=O)c1ccc(-c2cc(C(F)(F)F)ccc2-c2ccc(Cl)c(Cl)c2)cc1. The normalized spacial score (nSPS) is 12.2. The molecule has 146 valence electrons. The summed E-state index contributed by atoms with van der Waals surface area (Å²) in [4.78, 5) is -0.140. The third-order valence-electron chi connectivity index (χ3n) is 4.07. The summed E-state index contributed by atoms with van der Waals surface area (Å²) in [5, 5.41) is 5.65. The van der Waals surface area contributed by atoms with Gasteiger partial charge in [0.25, 0.3) is 0 Å². The molecule has 0 aliphatic heterocycles. The molecule has 28 heavy (non-hydrogen) atoms. The van der Waals surface area contributed by atoms with Crippen molar-refractivity contribution in [2.24, 2.45) is 5.14 Å². The topological polar surface area (TPSA) is 60.2 Å². The first-order valence-electron chi connectivity index (χ1n) is 7.77. The van der Waals surface area contributed by atoms with Crippen LogP contribution in [-0.2, 0) is 16.2 Å². The average molecular weight is 446 g/mol. The van der Waals surface area contributed by atoms with Crippen LogP contribution in [0.4, 0.5) is 13.2 Å². The van der Waals surface area contributed by atoms with Gasteiger partial charge in [-0.15, -0.1) is 0 Å². The second-order valence-electron chi connectivity index (χ2n) is 5.96. The monoisotopic (exact) mass is 445 g/mol. The number of rotatable bonds is 3. The van der Waals surface area contributed by atoms with Gasteiger partial charge >= 0.3 is 6.18 Å². The molecule has 0 aliphatic rings. The Hall–Kier alpha value is -2.06. The number of primary sulfonamides is 1. The molecule has 9 heteroatoms. The lowest BCUT2D eigenvalue weighted by molar-refractivity contribution is -0.137. The fourth-order valence-electron chi connectivity index (χ4n) is 2.70. The van der Waals surface area contributed by atoms with Gasteiger partial charge in [-0.2, -0.15) is 13.2 Å². The third kappa shape index (κ3) is 4.33. The lowest BCUT2D eigenvalue weighted by atomic mass is 9.92. The molecule has 0 saturated carbocycles. The molecule has 0 bridgehead atoms. The van der Waals surface area contributed by atoms with Crippen molar-refractivity contribution in [3.05, 3.63) is 76.3 Å². The molecule has 0 spiro atoms. The lowest BCUT2D eigenvalue weighted by Gasteiger charge is -2.15. The van der Waals surface area contributed by atoms with Gasteiger partial charge in [0.2, 0.25) is 10.0 Å². The summed E-state index contributed by atoms with van der Waals surface area (Å²) in [7, 11) is -3.92. The van der Waals surface area contributed by atoms with Crippen LogP contribution in [0.3, 0.4) is 0 Å². The molecule has 0 aromatic heterocycles. The molecule has 0 fully saturated rings. The second-order valence-corrected chi connectivity index (χ2v) is 8.33. The Bertz CT molecular complexity index is 1140. The van der Waals surface area contributed by atoms with Crippen LogP contribution >= 0.6 is 23.2 Å². The van der Waals surface area contributed by atoms with E-state index in [-0.39, 0.29) is 15.5 Å². The first kappa shape index (κ1) is 20.7. The predicted molar refractivity (Wildman–Crippen MR) is 104 cm³/mol. The van der Waals surface area contributed by atoms with Gasteiger partial charge in [0.15, 0.2) is 0 Å². The van der Waals surface area contributed by atoms with Crippen LogP contribution in [-0.4, -0.2) is 8.42 Å². The minimum Gasteiger partial charge on any atom is -0.225 e. The van der Waals surface area contributed by atoms with Gasteiger partial charge < -0.3 is 0 Å². The highest BCUT2D eigenvalue weighted by molar-refractivity contribution is 7.89. The maximum absolute atomic E-state index is 13.2. The zero-order valence-electron chi connectivity index (χ0n) is 14.0. The third-order valence-corrected chi connectivity index (χ3v) is 5.74. The Morgan fingerprint density at radius 1 is 0.750 bits per heavy atom. The highest BCUT2D eigenvalue weighted by Crippen LogP contribution is 2.39. The van der Waals surface area contributed by atoms with E-state index in [4.69, 9.17) is 28.3 Å². The van der Waals surface area contributed by atoms with E-state index in [2.05, 4.69) is 0 Å². The molecule has 3 nitrogen and oxygen atoms in total. The second kappa shape index (κ2) is 7.40. The molecule has 0 saturated heterocycles. The summed E-state index contributed by atoms with van der Waals surface area (Å²) in [6, 6.07) is 13.3. The Morgan fingerprint density at radius 2 is 1.36 bits per heavy atom. The Balaban J connectivity index is 2.22. The molecule has 3 aromatic carbocycles. The van der Waals surface area contributed by atoms with Gasteiger partial charge in [-0.05, 0) is 58.7 Å².